The molecule has 1 aromatic rings. The molecule has 2 aliphatic rings. The van der Waals surface area contributed by atoms with E-state index in [0.29, 0.717) is 6.04 Å². The van der Waals surface area contributed by atoms with Crippen molar-refractivity contribution in [3.8, 4) is 0 Å². The number of nitrogens with zero attached hydrogens (tertiary/aromatic N) is 1. The topological polar surface area (TPSA) is 20.3 Å². The smallest absolute Gasteiger partial charge is 0.254 e. The van der Waals surface area contributed by atoms with E-state index in [-0.39, 0.29) is 5.91 Å². The van der Waals surface area contributed by atoms with Crippen LogP contribution in [0.4, 0.5) is 0 Å². The van der Waals surface area contributed by atoms with Gasteiger partial charge in [0.2, 0.25) is 0 Å². The van der Waals surface area contributed by atoms with Crippen molar-refractivity contribution in [2.24, 2.45) is 5.92 Å². The van der Waals surface area contributed by atoms with Crippen LogP contribution in [0.25, 0.3) is 0 Å². The summed E-state index contributed by atoms with van der Waals surface area (Å²) in [5, 5.41) is 0. The van der Waals surface area contributed by atoms with Gasteiger partial charge in [-0.15, -0.1) is 0 Å². The van der Waals surface area contributed by atoms with E-state index < -0.39 is 0 Å². The molecule has 1 amide bonds. The zero-order chi connectivity index (χ0) is 14.8. The maximum absolute atomic E-state index is 13.0. The van der Waals surface area contributed by atoms with Crippen LogP contribution in [0.2, 0.25) is 0 Å². The van der Waals surface area contributed by atoms with Crippen LogP contribution < -0.4 is 0 Å². The van der Waals surface area contributed by atoms with Crippen molar-refractivity contribution in [2.45, 2.75) is 57.9 Å². The third-order valence-electron chi connectivity index (χ3n) is 5.18. The summed E-state index contributed by atoms with van der Waals surface area (Å²) in [5.41, 5.74) is 1.95. The zero-order valence-corrected chi connectivity index (χ0v) is 14.4. The van der Waals surface area contributed by atoms with Crippen LogP contribution in [0.3, 0.4) is 0 Å². The van der Waals surface area contributed by atoms with Crippen molar-refractivity contribution in [3.05, 3.63) is 33.8 Å². The van der Waals surface area contributed by atoms with Gasteiger partial charge in [-0.05, 0) is 56.2 Å². The third kappa shape index (κ3) is 3.18. The number of rotatable bonds is 2. The first-order valence-electron chi connectivity index (χ1n) is 8.24. The Bertz CT molecular complexity index is 522. The number of benzene rings is 1. The molecule has 3 rings (SSSR count). The van der Waals surface area contributed by atoms with E-state index in [4.69, 9.17) is 0 Å². The molecule has 21 heavy (non-hydrogen) atoms. The Hall–Kier alpha value is -0.830. The normalized spacial score (nSPS) is 23.5. The average Bonchev–Trinajstić information content (AvgIpc) is 2.99. The van der Waals surface area contributed by atoms with Gasteiger partial charge in [-0.25, -0.2) is 0 Å². The number of carbonyl (C=O) groups excluding carboxylic acids is 1. The second-order valence-corrected chi connectivity index (χ2v) is 7.48. The fourth-order valence-electron chi connectivity index (χ4n) is 4.03. The molecular formula is C18H24BrNO. The molecule has 1 atom stereocenters. The van der Waals surface area contributed by atoms with E-state index in [2.05, 4.69) is 20.8 Å². The van der Waals surface area contributed by atoms with Gasteiger partial charge in [-0.3, -0.25) is 4.79 Å². The number of likely N-dealkylation sites (tertiary alicyclic amines) is 1. The molecule has 0 radical (unpaired) electrons. The van der Waals surface area contributed by atoms with Crippen LogP contribution >= 0.6 is 15.9 Å². The number of hydrogen-bond donors (Lipinski definition) is 0. The van der Waals surface area contributed by atoms with Gasteiger partial charge in [-0.2, -0.15) is 0 Å². The largest absolute Gasteiger partial charge is 0.335 e. The van der Waals surface area contributed by atoms with E-state index >= 15 is 0 Å². The second kappa shape index (κ2) is 6.51. The molecule has 0 N–H and O–H groups in total. The SMILES string of the molecule is Cc1ccc(Br)cc1C(=O)N1CCCC1C1CCCCC1. The van der Waals surface area contributed by atoms with Crippen LogP contribution in [0.5, 0.6) is 0 Å². The molecule has 1 aromatic carbocycles. The minimum absolute atomic E-state index is 0.238. The highest BCUT2D eigenvalue weighted by Crippen LogP contribution is 2.35. The van der Waals surface area contributed by atoms with E-state index in [1.807, 2.05) is 25.1 Å². The molecule has 1 saturated carbocycles. The van der Waals surface area contributed by atoms with Gasteiger partial charge < -0.3 is 4.90 Å². The van der Waals surface area contributed by atoms with Crippen molar-refractivity contribution in [1.82, 2.24) is 4.90 Å². The van der Waals surface area contributed by atoms with Gasteiger partial charge in [0.25, 0.3) is 5.91 Å². The highest BCUT2D eigenvalue weighted by Gasteiger charge is 2.35. The van der Waals surface area contributed by atoms with E-state index in [0.717, 1.165) is 28.1 Å². The Balaban J connectivity index is 1.80. The van der Waals surface area contributed by atoms with Gasteiger partial charge in [0.15, 0.2) is 0 Å². The molecule has 0 spiro atoms. The van der Waals surface area contributed by atoms with Crippen LogP contribution in [0, 0.1) is 12.8 Å². The first-order chi connectivity index (χ1) is 10.2. The van der Waals surface area contributed by atoms with Crippen LogP contribution in [0.15, 0.2) is 22.7 Å². The van der Waals surface area contributed by atoms with E-state index in [1.54, 1.807) is 0 Å². The van der Waals surface area contributed by atoms with Gasteiger partial charge in [0.05, 0.1) is 0 Å². The predicted octanol–water partition coefficient (Wildman–Crippen LogP) is 4.94. The fraction of sp³-hybridized carbons (Fsp3) is 0.611. The second-order valence-electron chi connectivity index (χ2n) is 6.57. The summed E-state index contributed by atoms with van der Waals surface area (Å²) in [6.45, 7) is 2.97. The lowest BCUT2D eigenvalue weighted by Gasteiger charge is -2.34. The predicted molar refractivity (Wildman–Crippen MR) is 89.5 cm³/mol. The molecule has 1 aliphatic carbocycles. The number of halogens is 1. The van der Waals surface area contributed by atoms with Crippen molar-refractivity contribution >= 4 is 21.8 Å². The monoisotopic (exact) mass is 349 g/mol. The lowest BCUT2D eigenvalue weighted by atomic mass is 9.83. The standard InChI is InChI=1S/C18H24BrNO/c1-13-9-10-15(19)12-16(13)18(21)20-11-5-8-17(20)14-6-3-2-4-7-14/h9-10,12,14,17H,2-8,11H2,1H3. The van der Waals surface area contributed by atoms with Crippen molar-refractivity contribution in [2.75, 3.05) is 6.54 Å². The maximum Gasteiger partial charge on any atom is 0.254 e. The Kier molecular flexibility index (Phi) is 4.68. The summed E-state index contributed by atoms with van der Waals surface area (Å²) in [6, 6.07) is 6.50. The summed E-state index contributed by atoms with van der Waals surface area (Å²) in [7, 11) is 0. The highest BCUT2D eigenvalue weighted by atomic mass is 79.9. The molecule has 0 bridgehead atoms. The summed E-state index contributed by atoms with van der Waals surface area (Å²) >= 11 is 3.49. The first kappa shape index (κ1) is 15.1. The van der Waals surface area contributed by atoms with Crippen LogP contribution in [-0.4, -0.2) is 23.4 Å². The number of carbonyl (C=O) groups is 1. The minimum Gasteiger partial charge on any atom is -0.335 e. The lowest BCUT2D eigenvalue weighted by molar-refractivity contribution is 0.0660. The third-order valence-corrected chi connectivity index (χ3v) is 5.68. The highest BCUT2D eigenvalue weighted by molar-refractivity contribution is 9.10. The molecular weight excluding hydrogens is 326 g/mol. The Morgan fingerprint density at radius 2 is 1.90 bits per heavy atom. The Morgan fingerprint density at radius 1 is 1.14 bits per heavy atom. The quantitative estimate of drug-likeness (QED) is 0.740. The molecule has 2 fully saturated rings. The lowest BCUT2D eigenvalue weighted by Crippen LogP contribution is -2.41. The molecule has 0 aromatic heterocycles. The van der Waals surface area contributed by atoms with Gasteiger partial charge in [-0.1, -0.05) is 41.3 Å². The number of amides is 1. The maximum atomic E-state index is 13.0. The first-order valence-corrected chi connectivity index (χ1v) is 9.03. The molecule has 3 heteroatoms. The minimum atomic E-state index is 0.238. The zero-order valence-electron chi connectivity index (χ0n) is 12.8. The Labute approximate surface area is 136 Å². The Morgan fingerprint density at radius 3 is 2.67 bits per heavy atom. The number of aryl methyl sites for hydroxylation is 1. The van der Waals surface area contributed by atoms with Crippen LogP contribution in [-0.2, 0) is 0 Å². The van der Waals surface area contributed by atoms with Crippen molar-refractivity contribution < 1.29 is 4.79 Å². The van der Waals surface area contributed by atoms with Gasteiger partial charge >= 0.3 is 0 Å². The fourth-order valence-corrected chi connectivity index (χ4v) is 4.39. The van der Waals surface area contributed by atoms with Crippen LogP contribution in [0.1, 0.15) is 60.9 Å². The molecule has 1 heterocycles. The summed E-state index contributed by atoms with van der Waals surface area (Å²) in [5.74, 6) is 0.972. The van der Waals surface area contributed by atoms with Crippen molar-refractivity contribution in [3.63, 3.8) is 0 Å². The molecule has 2 nitrogen and oxygen atoms in total. The summed E-state index contributed by atoms with van der Waals surface area (Å²) in [4.78, 5) is 15.1. The van der Waals surface area contributed by atoms with Crippen molar-refractivity contribution in [1.29, 1.82) is 0 Å². The van der Waals surface area contributed by atoms with E-state index in [1.165, 1.54) is 44.9 Å². The summed E-state index contributed by atoms with van der Waals surface area (Å²) < 4.78 is 0.991. The van der Waals surface area contributed by atoms with Gasteiger partial charge in [0.1, 0.15) is 0 Å². The van der Waals surface area contributed by atoms with E-state index in [9.17, 15) is 4.79 Å². The molecule has 1 unspecified atom stereocenters. The number of hydrogen-bond acceptors (Lipinski definition) is 1. The summed E-state index contributed by atoms with van der Waals surface area (Å²) in [6.07, 6.45) is 9.06. The average molecular weight is 350 g/mol. The molecule has 1 saturated heterocycles. The molecule has 114 valence electrons. The van der Waals surface area contributed by atoms with Gasteiger partial charge in [0, 0.05) is 22.6 Å². The molecule has 1 aliphatic heterocycles.